The van der Waals surface area contributed by atoms with Crippen LogP contribution in [0.5, 0.6) is 0 Å². The van der Waals surface area contributed by atoms with Crippen LogP contribution in [0.4, 0.5) is 4.79 Å². The molecule has 2 aliphatic heterocycles. The van der Waals surface area contributed by atoms with Crippen LogP contribution in [-0.4, -0.2) is 56.6 Å². The molecule has 144 valence electrons. The molecule has 1 amide bonds. The van der Waals surface area contributed by atoms with Gasteiger partial charge in [-0.05, 0) is 36.1 Å². The smallest absolute Gasteiger partial charge is 0.407 e. The van der Waals surface area contributed by atoms with Gasteiger partial charge in [0.1, 0.15) is 5.65 Å². The lowest BCUT2D eigenvalue weighted by Gasteiger charge is -2.20. The van der Waals surface area contributed by atoms with Crippen molar-refractivity contribution in [1.29, 1.82) is 0 Å². The number of hydrogen-bond acceptors (Lipinski definition) is 3. The Morgan fingerprint density at radius 2 is 1.79 bits per heavy atom. The van der Waals surface area contributed by atoms with Crippen LogP contribution in [0, 0.1) is 11.8 Å². The van der Waals surface area contributed by atoms with E-state index in [1.165, 1.54) is 0 Å². The molecular formula is C21H21ClN4O2. The van der Waals surface area contributed by atoms with Crippen LogP contribution in [0.1, 0.15) is 5.69 Å². The van der Waals surface area contributed by atoms with Gasteiger partial charge in [-0.3, -0.25) is 4.90 Å². The molecule has 2 unspecified atom stereocenters. The van der Waals surface area contributed by atoms with Gasteiger partial charge in [0, 0.05) is 49.5 Å². The third-order valence-electron chi connectivity index (χ3n) is 5.95. The first-order valence-corrected chi connectivity index (χ1v) is 9.88. The fraction of sp³-hybridized carbons (Fsp3) is 0.333. The van der Waals surface area contributed by atoms with Crippen LogP contribution in [0.2, 0.25) is 5.02 Å². The summed E-state index contributed by atoms with van der Waals surface area (Å²) in [6.45, 7) is 3.94. The molecule has 0 spiro atoms. The summed E-state index contributed by atoms with van der Waals surface area (Å²) in [5.41, 5.74) is 4.12. The van der Waals surface area contributed by atoms with Gasteiger partial charge in [0.15, 0.2) is 0 Å². The summed E-state index contributed by atoms with van der Waals surface area (Å²) >= 11 is 6.06. The molecule has 0 saturated carbocycles. The maximum Gasteiger partial charge on any atom is 0.407 e. The summed E-state index contributed by atoms with van der Waals surface area (Å²) in [6.07, 6.45) is 1.26. The van der Waals surface area contributed by atoms with Gasteiger partial charge in [-0.15, -0.1) is 0 Å². The van der Waals surface area contributed by atoms with Crippen LogP contribution in [0.3, 0.4) is 0 Å². The number of fused-ring (bicyclic) bond motifs is 2. The molecule has 3 aromatic rings. The highest BCUT2D eigenvalue weighted by molar-refractivity contribution is 6.30. The van der Waals surface area contributed by atoms with Gasteiger partial charge in [-0.25, -0.2) is 9.78 Å². The maximum atomic E-state index is 11.2. The van der Waals surface area contributed by atoms with Crippen LogP contribution < -0.4 is 0 Å². The number of carbonyl (C=O) groups is 1. The third-order valence-corrected chi connectivity index (χ3v) is 6.20. The summed E-state index contributed by atoms with van der Waals surface area (Å²) in [6, 6.07) is 13.9. The van der Waals surface area contributed by atoms with Gasteiger partial charge in [0.05, 0.1) is 11.4 Å². The molecule has 2 saturated heterocycles. The van der Waals surface area contributed by atoms with E-state index in [4.69, 9.17) is 16.6 Å². The Balaban J connectivity index is 1.44. The van der Waals surface area contributed by atoms with Gasteiger partial charge < -0.3 is 14.4 Å². The van der Waals surface area contributed by atoms with Gasteiger partial charge >= 0.3 is 6.09 Å². The number of amides is 1. The fourth-order valence-electron chi connectivity index (χ4n) is 4.62. The van der Waals surface area contributed by atoms with E-state index < -0.39 is 6.09 Å². The zero-order valence-electron chi connectivity index (χ0n) is 15.3. The Labute approximate surface area is 168 Å². The van der Waals surface area contributed by atoms with Crippen molar-refractivity contribution in [3.8, 4) is 11.3 Å². The second-order valence-electron chi connectivity index (χ2n) is 7.74. The summed E-state index contributed by atoms with van der Waals surface area (Å²) in [7, 11) is 0. The Kier molecular flexibility index (Phi) is 4.25. The maximum absolute atomic E-state index is 11.2. The molecule has 1 N–H and O–H groups in total. The molecule has 7 heteroatoms. The minimum absolute atomic E-state index is 0.425. The number of aromatic nitrogens is 2. The van der Waals surface area contributed by atoms with E-state index in [0.717, 1.165) is 42.2 Å². The van der Waals surface area contributed by atoms with Crippen molar-refractivity contribution in [2.24, 2.45) is 11.8 Å². The van der Waals surface area contributed by atoms with Crippen molar-refractivity contribution < 1.29 is 9.90 Å². The second kappa shape index (κ2) is 6.79. The molecule has 0 radical (unpaired) electrons. The molecule has 0 bridgehead atoms. The summed E-state index contributed by atoms with van der Waals surface area (Å²) in [4.78, 5) is 20.1. The minimum Gasteiger partial charge on any atom is -0.465 e. The number of imidazole rings is 1. The second-order valence-corrected chi connectivity index (χ2v) is 8.18. The van der Waals surface area contributed by atoms with Gasteiger partial charge in [-0.1, -0.05) is 29.8 Å². The molecule has 4 heterocycles. The molecule has 2 aromatic heterocycles. The van der Waals surface area contributed by atoms with E-state index >= 15 is 0 Å². The predicted octanol–water partition coefficient (Wildman–Crippen LogP) is 3.70. The zero-order valence-corrected chi connectivity index (χ0v) is 16.1. The van der Waals surface area contributed by atoms with Gasteiger partial charge in [0.2, 0.25) is 0 Å². The molecule has 6 nitrogen and oxygen atoms in total. The van der Waals surface area contributed by atoms with Crippen molar-refractivity contribution in [1.82, 2.24) is 19.2 Å². The highest BCUT2D eigenvalue weighted by Crippen LogP contribution is 2.34. The van der Waals surface area contributed by atoms with E-state index in [2.05, 4.69) is 15.5 Å². The molecule has 2 aliphatic rings. The summed E-state index contributed by atoms with van der Waals surface area (Å²) in [5, 5.41) is 9.95. The molecule has 2 atom stereocenters. The quantitative estimate of drug-likeness (QED) is 0.733. The monoisotopic (exact) mass is 396 g/mol. The Hall–Kier alpha value is -2.57. The number of nitrogens with zero attached hydrogens (tertiary/aromatic N) is 4. The lowest BCUT2D eigenvalue weighted by Crippen LogP contribution is -2.32. The number of benzene rings is 1. The average Bonchev–Trinajstić information content (AvgIpc) is 3.34. The van der Waals surface area contributed by atoms with Crippen LogP contribution in [-0.2, 0) is 6.54 Å². The summed E-state index contributed by atoms with van der Waals surface area (Å²) in [5.74, 6) is 0.850. The van der Waals surface area contributed by atoms with Gasteiger partial charge in [0.25, 0.3) is 0 Å². The van der Waals surface area contributed by atoms with Crippen molar-refractivity contribution >= 4 is 23.3 Å². The molecule has 28 heavy (non-hydrogen) atoms. The molecule has 0 aliphatic carbocycles. The first kappa shape index (κ1) is 17.5. The lowest BCUT2D eigenvalue weighted by molar-refractivity contribution is 0.148. The van der Waals surface area contributed by atoms with E-state index in [0.29, 0.717) is 29.9 Å². The summed E-state index contributed by atoms with van der Waals surface area (Å²) < 4.78 is 2.15. The number of carboxylic acid groups (broad SMARTS) is 1. The minimum atomic E-state index is -0.798. The number of halogens is 1. The predicted molar refractivity (Wildman–Crippen MR) is 107 cm³/mol. The highest BCUT2D eigenvalue weighted by Gasteiger charge is 2.41. The highest BCUT2D eigenvalue weighted by atomic mass is 35.5. The Morgan fingerprint density at radius 3 is 2.46 bits per heavy atom. The van der Waals surface area contributed by atoms with Crippen molar-refractivity contribution in [2.75, 3.05) is 26.2 Å². The Morgan fingerprint density at radius 1 is 1.07 bits per heavy atom. The number of rotatable bonds is 3. The van der Waals surface area contributed by atoms with Gasteiger partial charge in [-0.2, -0.15) is 0 Å². The largest absolute Gasteiger partial charge is 0.465 e. The zero-order chi connectivity index (χ0) is 19.3. The lowest BCUT2D eigenvalue weighted by atomic mass is 10.0. The van der Waals surface area contributed by atoms with Crippen molar-refractivity contribution in [3.05, 3.63) is 59.4 Å². The van der Waals surface area contributed by atoms with E-state index in [9.17, 15) is 9.90 Å². The Bertz CT molecular complexity index is 1020. The molecule has 2 fully saturated rings. The number of likely N-dealkylation sites (tertiary alicyclic amines) is 2. The van der Waals surface area contributed by atoms with Crippen molar-refractivity contribution in [3.63, 3.8) is 0 Å². The fourth-order valence-corrected chi connectivity index (χ4v) is 4.75. The van der Waals surface area contributed by atoms with E-state index in [-0.39, 0.29) is 0 Å². The topological polar surface area (TPSA) is 61.1 Å². The SMILES string of the molecule is O=C(O)N1CC2CN(Cc3c(-c4ccc(Cl)cc4)nc4ccccn34)CC2C1. The number of pyridine rings is 1. The molecular weight excluding hydrogens is 376 g/mol. The van der Waals surface area contributed by atoms with E-state index in [1.807, 2.05) is 42.5 Å². The first-order valence-electron chi connectivity index (χ1n) is 9.50. The van der Waals surface area contributed by atoms with Crippen molar-refractivity contribution in [2.45, 2.75) is 6.54 Å². The molecule has 5 rings (SSSR count). The van der Waals surface area contributed by atoms with Crippen LogP contribution >= 0.6 is 11.6 Å². The van der Waals surface area contributed by atoms with E-state index in [1.54, 1.807) is 4.90 Å². The number of hydrogen-bond donors (Lipinski definition) is 1. The average molecular weight is 397 g/mol. The first-order chi connectivity index (χ1) is 13.6. The van der Waals surface area contributed by atoms with Crippen LogP contribution in [0.25, 0.3) is 16.9 Å². The van der Waals surface area contributed by atoms with Crippen LogP contribution in [0.15, 0.2) is 48.7 Å². The third kappa shape index (κ3) is 3.02. The standard InChI is InChI=1S/C21H21ClN4O2/c22-17-6-4-14(5-7-17)20-18(26-8-2-1-3-19(26)23-20)13-24-9-15-11-25(21(27)28)12-16(15)10-24/h1-8,15-16H,9-13H2,(H,27,28). The normalized spacial score (nSPS) is 22.1. The molecule has 1 aromatic carbocycles.